The Hall–Kier alpha value is -3.42. The third kappa shape index (κ3) is 4.81. The number of halogens is 2. The number of carbonyl (C=O) groups is 1. The molecule has 0 spiro atoms. The maximum atomic E-state index is 15.7. The molecule has 11 nitrogen and oxygen atoms in total. The molecule has 3 N–H and O–H groups in total. The average Bonchev–Trinajstić information content (AvgIpc) is 3.32. The van der Waals surface area contributed by atoms with Crippen molar-refractivity contribution in [2.45, 2.75) is 25.0 Å². The molecule has 0 saturated carbocycles. The number of morpholine rings is 1. The number of piperidine rings is 1. The predicted molar refractivity (Wildman–Crippen MR) is 125 cm³/mol. The van der Waals surface area contributed by atoms with Crippen molar-refractivity contribution >= 4 is 23.2 Å². The van der Waals surface area contributed by atoms with E-state index in [0.717, 1.165) is 0 Å². The van der Waals surface area contributed by atoms with Crippen molar-refractivity contribution in [1.82, 2.24) is 24.3 Å². The Labute approximate surface area is 205 Å². The first-order valence-electron chi connectivity index (χ1n) is 11.8. The second-order valence-corrected chi connectivity index (χ2v) is 8.82. The van der Waals surface area contributed by atoms with E-state index in [1.165, 1.54) is 33.8 Å². The number of aliphatic hydroxyl groups excluding tert-OH is 2. The molecule has 0 bridgehead atoms. The standard InChI is InChI=1S/C23H27F2N7O4/c24-14-3-4-18-26-10-16(32(18)11-14)20-28-21(19(25)22(29-20)30-6-8-36-9-7-30)27-15-2-1-5-31(12-15)23(35)17(34)13-33/h3-4,10-11,15,17,33-34H,1-2,5-9,12-13H2,(H,27,28,29). The number of nitrogens with zero attached hydrogens (tertiary/aromatic N) is 6. The van der Waals surface area contributed by atoms with E-state index in [-0.39, 0.29) is 30.0 Å². The number of nitrogens with one attached hydrogen (secondary N) is 1. The van der Waals surface area contributed by atoms with Gasteiger partial charge in [-0.15, -0.1) is 0 Å². The fourth-order valence-electron chi connectivity index (χ4n) is 4.53. The molecule has 2 aliphatic heterocycles. The third-order valence-electron chi connectivity index (χ3n) is 6.37. The summed E-state index contributed by atoms with van der Waals surface area (Å²) >= 11 is 0. The number of hydrogen-bond donors (Lipinski definition) is 3. The summed E-state index contributed by atoms with van der Waals surface area (Å²) in [5.41, 5.74) is 0.888. The molecule has 2 unspecified atom stereocenters. The highest BCUT2D eigenvalue weighted by Gasteiger charge is 2.30. The summed E-state index contributed by atoms with van der Waals surface area (Å²) in [4.78, 5) is 28.8. The monoisotopic (exact) mass is 503 g/mol. The van der Waals surface area contributed by atoms with Crippen LogP contribution in [0.4, 0.5) is 20.4 Å². The Morgan fingerprint density at radius 2 is 2.03 bits per heavy atom. The molecule has 36 heavy (non-hydrogen) atoms. The van der Waals surface area contributed by atoms with Crippen molar-refractivity contribution in [3.8, 4) is 11.5 Å². The summed E-state index contributed by atoms with van der Waals surface area (Å²) in [6.07, 6.45) is 2.56. The molecular weight excluding hydrogens is 476 g/mol. The number of carbonyl (C=O) groups excluding carboxylic acids is 1. The lowest BCUT2D eigenvalue weighted by Crippen LogP contribution is -2.49. The number of fused-ring (bicyclic) bond motifs is 1. The van der Waals surface area contributed by atoms with Gasteiger partial charge >= 0.3 is 0 Å². The molecule has 3 aromatic rings. The largest absolute Gasteiger partial charge is 0.393 e. The average molecular weight is 504 g/mol. The van der Waals surface area contributed by atoms with Crippen LogP contribution in [0.15, 0.2) is 24.5 Å². The maximum Gasteiger partial charge on any atom is 0.253 e. The molecule has 5 rings (SSSR count). The molecule has 0 aromatic carbocycles. The van der Waals surface area contributed by atoms with Crippen molar-refractivity contribution in [3.63, 3.8) is 0 Å². The van der Waals surface area contributed by atoms with Crippen LogP contribution >= 0.6 is 0 Å². The lowest BCUT2D eigenvalue weighted by molar-refractivity contribution is -0.143. The fraction of sp³-hybridized carbons (Fsp3) is 0.478. The molecule has 13 heteroatoms. The first kappa shape index (κ1) is 24.3. The lowest BCUT2D eigenvalue weighted by atomic mass is 10.0. The predicted octanol–water partition coefficient (Wildman–Crippen LogP) is 0.662. The van der Waals surface area contributed by atoms with Gasteiger partial charge in [0.1, 0.15) is 17.2 Å². The van der Waals surface area contributed by atoms with E-state index in [2.05, 4.69) is 20.3 Å². The number of anilines is 2. The van der Waals surface area contributed by atoms with Gasteiger partial charge in [0.2, 0.25) is 5.82 Å². The number of rotatable bonds is 6. The highest BCUT2D eigenvalue weighted by atomic mass is 19.1. The van der Waals surface area contributed by atoms with Crippen LogP contribution in [0.3, 0.4) is 0 Å². The van der Waals surface area contributed by atoms with Crippen LogP contribution in [0.1, 0.15) is 12.8 Å². The first-order valence-corrected chi connectivity index (χ1v) is 11.8. The summed E-state index contributed by atoms with van der Waals surface area (Å²) in [5, 5.41) is 22.0. The second-order valence-electron chi connectivity index (χ2n) is 8.82. The Morgan fingerprint density at radius 3 is 2.81 bits per heavy atom. The molecule has 1 amide bonds. The van der Waals surface area contributed by atoms with Gasteiger partial charge < -0.3 is 30.1 Å². The summed E-state index contributed by atoms with van der Waals surface area (Å²) in [7, 11) is 0. The summed E-state index contributed by atoms with van der Waals surface area (Å²) in [5.74, 6) is -1.47. The molecule has 5 heterocycles. The molecule has 2 atom stereocenters. The Balaban J connectivity index is 1.50. The van der Waals surface area contributed by atoms with Gasteiger partial charge in [0.25, 0.3) is 5.91 Å². The maximum absolute atomic E-state index is 15.7. The molecule has 0 radical (unpaired) electrons. The van der Waals surface area contributed by atoms with E-state index in [9.17, 15) is 14.3 Å². The molecule has 192 valence electrons. The minimum absolute atomic E-state index is 0.0464. The van der Waals surface area contributed by atoms with Gasteiger partial charge in [-0.05, 0) is 25.0 Å². The zero-order chi connectivity index (χ0) is 25.2. The van der Waals surface area contributed by atoms with E-state index < -0.39 is 30.3 Å². The van der Waals surface area contributed by atoms with Crippen molar-refractivity contribution in [1.29, 1.82) is 0 Å². The SMILES string of the molecule is O=C(C(O)CO)N1CCCC(Nc2nc(-c3cnc4ccc(F)cn34)nc(N3CCOCC3)c2F)C1. The zero-order valence-corrected chi connectivity index (χ0v) is 19.5. The highest BCUT2D eigenvalue weighted by Crippen LogP contribution is 2.29. The normalized spacial score (nSPS) is 19.5. The van der Waals surface area contributed by atoms with Gasteiger partial charge in [0, 0.05) is 38.4 Å². The van der Waals surface area contributed by atoms with Crippen LogP contribution < -0.4 is 10.2 Å². The minimum Gasteiger partial charge on any atom is -0.393 e. The van der Waals surface area contributed by atoms with E-state index >= 15 is 4.39 Å². The molecule has 2 fully saturated rings. The summed E-state index contributed by atoms with van der Waals surface area (Å²) < 4.78 is 36.6. The smallest absolute Gasteiger partial charge is 0.253 e. The van der Waals surface area contributed by atoms with E-state index in [4.69, 9.17) is 9.84 Å². The summed E-state index contributed by atoms with van der Waals surface area (Å²) in [6.45, 7) is 1.71. The number of likely N-dealkylation sites (tertiary alicyclic amines) is 1. The number of pyridine rings is 1. The second kappa shape index (κ2) is 10.3. The van der Waals surface area contributed by atoms with Crippen LogP contribution in [0, 0.1) is 11.6 Å². The Kier molecular flexibility index (Phi) is 6.94. The number of ether oxygens (including phenoxy) is 1. The van der Waals surface area contributed by atoms with Crippen molar-refractivity contribution in [2.75, 3.05) is 56.2 Å². The number of aromatic nitrogens is 4. The van der Waals surface area contributed by atoms with Crippen molar-refractivity contribution in [2.24, 2.45) is 0 Å². The van der Waals surface area contributed by atoms with E-state index in [0.29, 0.717) is 57.0 Å². The number of amides is 1. The van der Waals surface area contributed by atoms with Gasteiger partial charge in [-0.2, -0.15) is 4.39 Å². The number of imidazole rings is 1. The lowest BCUT2D eigenvalue weighted by Gasteiger charge is -2.34. The molecule has 0 aliphatic carbocycles. The fourth-order valence-corrected chi connectivity index (χ4v) is 4.53. The Morgan fingerprint density at radius 1 is 1.22 bits per heavy atom. The Bertz CT molecular complexity index is 1250. The molecule has 3 aromatic heterocycles. The topological polar surface area (TPSA) is 128 Å². The van der Waals surface area contributed by atoms with Crippen LogP contribution in [0.25, 0.3) is 17.2 Å². The minimum atomic E-state index is -1.49. The van der Waals surface area contributed by atoms with Gasteiger partial charge in [-0.25, -0.2) is 19.3 Å². The van der Waals surface area contributed by atoms with Gasteiger partial charge in [-0.3, -0.25) is 9.20 Å². The van der Waals surface area contributed by atoms with Crippen molar-refractivity contribution in [3.05, 3.63) is 36.2 Å². The molecule has 2 saturated heterocycles. The first-order chi connectivity index (χ1) is 17.4. The van der Waals surface area contributed by atoms with Crippen LogP contribution in [-0.2, 0) is 9.53 Å². The van der Waals surface area contributed by atoms with Crippen LogP contribution in [0.2, 0.25) is 0 Å². The molecular formula is C23H27F2N7O4. The van der Waals surface area contributed by atoms with Gasteiger partial charge in [0.05, 0.1) is 26.0 Å². The molecule has 2 aliphatic rings. The van der Waals surface area contributed by atoms with Gasteiger partial charge in [-0.1, -0.05) is 0 Å². The third-order valence-corrected chi connectivity index (χ3v) is 6.37. The van der Waals surface area contributed by atoms with E-state index in [1.54, 1.807) is 4.90 Å². The van der Waals surface area contributed by atoms with Crippen LogP contribution in [-0.4, -0.2) is 98.5 Å². The summed E-state index contributed by atoms with van der Waals surface area (Å²) in [6, 6.07) is 2.48. The van der Waals surface area contributed by atoms with E-state index in [1.807, 2.05) is 0 Å². The van der Waals surface area contributed by atoms with Gasteiger partial charge in [0.15, 0.2) is 23.6 Å². The van der Waals surface area contributed by atoms with Crippen molar-refractivity contribution < 1.29 is 28.5 Å². The highest BCUT2D eigenvalue weighted by molar-refractivity contribution is 5.81. The quantitative estimate of drug-likeness (QED) is 0.444. The number of hydrogen-bond acceptors (Lipinski definition) is 9. The number of aliphatic hydroxyl groups is 2. The zero-order valence-electron chi connectivity index (χ0n) is 19.5. The van der Waals surface area contributed by atoms with Crippen LogP contribution in [0.5, 0.6) is 0 Å².